The molecule has 0 aromatic heterocycles. The lowest BCUT2D eigenvalue weighted by atomic mass is 9.72. The monoisotopic (exact) mass is 266 g/mol. The second-order valence-corrected chi connectivity index (χ2v) is 8.02. The van der Waals surface area contributed by atoms with E-state index in [1.165, 1.54) is 70.6 Å². The highest BCUT2D eigenvalue weighted by Gasteiger charge is 2.30. The molecule has 1 N–H and O–H groups in total. The molecule has 0 amide bonds. The number of hydrogen-bond donors (Lipinski definition) is 1. The van der Waals surface area contributed by atoms with E-state index in [0.29, 0.717) is 11.3 Å². The van der Waals surface area contributed by atoms with Crippen molar-refractivity contribution >= 4 is 0 Å². The summed E-state index contributed by atoms with van der Waals surface area (Å²) >= 11 is 0. The van der Waals surface area contributed by atoms with Crippen LogP contribution in [0.3, 0.4) is 0 Å². The van der Waals surface area contributed by atoms with Crippen molar-refractivity contribution in [3.63, 3.8) is 0 Å². The maximum absolute atomic E-state index is 10.4. The van der Waals surface area contributed by atoms with Crippen LogP contribution in [0.25, 0.3) is 0 Å². The van der Waals surface area contributed by atoms with Crippen LogP contribution in [-0.4, -0.2) is 11.2 Å². The van der Waals surface area contributed by atoms with Crippen molar-refractivity contribution in [2.75, 3.05) is 0 Å². The average molecular weight is 266 g/mol. The molecule has 0 saturated heterocycles. The van der Waals surface area contributed by atoms with Crippen LogP contribution in [0.4, 0.5) is 0 Å². The Morgan fingerprint density at radius 3 is 2.32 bits per heavy atom. The average Bonchev–Trinajstić information content (AvgIpc) is 2.36. The van der Waals surface area contributed by atoms with Crippen molar-refractivity contribution in [3.8, 4) is 0 Å². The summed E-state index contributed by atoms with van der Waals surface area (Å²) in [6, 6.07) is 0. The molecular weight excluding hydrogens is 232 g/mol. The summed E-state index contributed by atoms with van der Waals surface area (Å²) in [4.78, 5) is 0. The predicted molar refractivity (Wildman–Crippen MR) is 82.2 cm³/mol. The van der Waals surface area contributed by atoms with Gasteiger partial charge in [-0.1, -0.05) is 52.4 Å². The van der Waals surface area contributed by atoms with Gasteiger partial charge in [-0.15, -0.1) is 0 Å². The molecule has 3 aliphatic carbocycles. The Morgan fingerprint density at radius 1 is 0.789 bits per heavy atom. The molecule has 1 nitrogen and oxygen atoms in total. The van der Waals surface area contributed by atoms with Gasteiger partial charge in [-0.2, -0.15) is 0 Å². The summed E-state index contributed by atoms with van der Waals surface area (Å²) in [6.45, 7) is 4.85. The van der Waals surface area contributed by atoms with E-state index in [1.807, 2.05) is 0 Å². The molecule has 1 heteroatoms. The van der Waals surface area contributed by atoms with E-state index in [4.69, 9.17) is 0 Å². The molecule has 3 rings (SSSR count). The summed E-state index contributed by atoms with van der Waals surface area (Å²) in [5.41, 5.74) is 0.487. The minimum atomic E-state index is -0.00232. The lowest BCUT2D eigenvalue weighted by Gasteiger charge is -2.35. The van der Waals surface area contributed by atoms with Crippen molar-refractivity contribution in [3.05, 3.63) is 0 Å². The Morgan fingerprint density at radius 2 is 1.53 bits per heavy atom. The van der Waals surface area contributed by atoms with Gasteiger partial charge in [0.2, 0.25) is 0 Å². The van der Waals surface area contributed by atoms with Gasteiger partial charge >= 0.3 is 0 Å². The molecule has 3 saturated carbocycles. The van der Waals surface area contributed by atoms with Crippen LogP contribution in [0, 0.1) is 17.3 Å². The van der Waals surface area contributed by atoms with E-state index in [1.54, 1.807) is 0 Å². The third-order valence-electron chi connectivity index (χ3n) is 5.72. The van der Waals surface area contributed by atoms with Gasteiger partial charge in [-0.05, 0) is 55.8 Å². The predicted octanol–water partition coefficient (Wildman–Crippen LogP) is 5.31. The minimum absolute atomic E-state index is 0.00232. The summed E-state index contributed by atoms with van der Waals surface area (Å²) in [5, 5.41) is 10.4. The van der Waals surface area contributed by atoms with Gasteiger partial charge in [0.25, 0.3) is 0 Å². The Hall–Kier alpha value is -0.0400. The fourth-order valence-corrected chi connectivity index (χ4v) is 4.16. The maximum Gasteiger partial charge on any atom is 0.0571 e. The molecular formula is C18H34O. The van der Waals surface area contributed by atoms with Crippen LogP contribution < -0.4 is 0 Å². The molecule has 19 heavy (non-hydrogen) atoms. The Labute approximate surface area is 120 Å². The highest BCUT2D eigenvalue weighted by atomic mass is 16.3. The van der Waals surface area contributed by atoms with E-state index < -0.39 is 0 Å². The number of aliphatic hydroxyl groups excluding tert-OH is 1. The topological polar surface area (TPSA) is 20.2 Å². The van der Waals surface area contributed by atoms with E-state index in [0.717, 1.165) is 12.3 Å². The Balaban J connectivity index is 1.91. The second kappa shape index (κ2) is 7.11. The van der Waals surface area contributed by atoms with E-state index in [9.17, 15) is 5.11 Å². The van der Waals surface area contributed by atoms with Gasteiger partial charge in [0.15, 0.2) is 0 Å². The zero-order valence-corrected chi connectivity index (χ0v) is 13.2. The molecule has 0 aromatic carbocycles. The fraction of sp³-hybridized carbons (Fsp3) is 1.00. The molecule has 112 valence electrons. The largest absolute Gasteiger partial charge is 0.393 e. The van der Waals surface area contributed by atoms with Crippen LogP contribution in [0.5, 0.6) is 0 Å². The molecule has 3 fully saturated rings. The molecule has 2 bridgehead atoms. The van der Waals surface area contributed by atoms with Crippen LogP contribution in [0.2, 0.25) is 0 Å². The quantitative estimate of drug-likeness (QED) is 0.629. The van der Waals surface area contributed by atoms with E-state index in [-0.39, 0.29) is 6.10 Å². The SMILES string of the molecule is CC1(C)CCCCCCC[C@@H]2CCC(CC1)C(O)C2. The van der Waals surface area contributed by atoms with Gasteiger partial charge in [-0.3, -0.25) is 0 Å². The molecule has 2 unspecified atom stereocenters. The highest BCUT2D eigenvalue weighted by Crippen LogP contribution is 2.38. The summed E-state index contributed by atoms with van der Waals surface area (Å²) in [7, 11) is 0. The zero-order valence-electron chi connectivity index (χ0n) is 13.2. The van der Waals surface area contributed by atoms with E-state index >= 15 is 0 Å². The molecule has 3 aliphatic rings. The van der Waals surface area contributed by atoms with Crippen molar-refractivity contribution in [1.82, 2.24) is 0 Å². The highest BCUT2D eigenvalue weighted by molar-refractivity contribution is 4.82. The number of hydrogen-bond acceptors (Lipinski definition) is 1. The Kier molecular flexibility index (Phi) is 5.74. The zero-order chi connectivity index (χ0) is 13.7. The first-order valence-corrected chi connectivity index (χ1v) is 8.75. The van der Waals surface area contributed by atoms with Gasteiger partial charge in [0.05, 0.1) is 6.10 Å². The van der Waals surface area contributed by atoms with Crippen molar-refractivity contribution in [2.45, 2.75) is 97.0 Å². The molecule has 3 atom stereocenters. The van der Waals surface area contributed by atoms with Gasteiger partial charge < -0.3 is 5.11 Å². The summed E-state index contributed by atoms with van der Waals surface area (Å²) in [5.74, 6) is 1.42. The first-order chi connectivity index (χ1) is 9.07. The summed E-state index contributed by atoms with van der Waals surface area (Å²) in [6.07, 6.45) is 16.1. The van der Waals surface area contributed by atoms with Gasteiger partial charge in [0, 0.05) is 0 Å². The van der Waals surface area contributed by atoms with Gasteiger partial charge in [0.1, 0.15) is 0 Å². The van der Waals surface area contributed by atoms with Crippen LogP contribution in [0.15, 0.2) is 0 Å². The lowest BCUT2D eigenvalue weighted by Crippen LogP contribution is -2.30. The van der Waals surface area contributed by atoms with Crippen LogP contribution >= 0.6 is 0 Å². The Bertz CT molecular complexity index is 258. The number of aliphatic hydroxyl groups is 1. The third kappa shape index (κ3) is 5.10. The smallest absolute Gasteiger partial charge is 0.0571 e. The van der Waals surface area contributed by atoms with Crippen molar-refractivity contribution in [2.24, 2.45) is 17.3 Å². The van der Waals surface area contributed by atoms with Crippen LogP contribution in [-0.2, 0) is 0 Å². The molecule has 0 heterocycles. The van der Waals surface area contributed by atoms with Crippen molar-refractivity contribution in [1.29, 1.82) is 0 Å². The fourth-order valence-electron chi connectivity index (χ4n) is 4.16. The molecule has 0 aliphatic heterocycles. The molecule has 0 aromatic rings. The van der Waals surface area contributed by atoms with Crippen LogP contribution in [0.1, 0.15) is 90.9 Å². The molecule has 0 spiro atoms. The number of fused-ring (bicyclic) bond motifs is 11. The normalized spacial score (nSPS) is 37.7. The minimum Gasteiger partial charge on any atom is -0.393 e. The first-order valence-electron chi connectivity index (χ1n) is 8.75. The number of rotatable bonds is 0. The third-order valence-corrected chi connectivity index (χ3v) is 5.72. The van der Waals surface area contributed by atoms with Gasteiger partial charge in [-0.25, -0.2) is 0 Å². The summed E-state index contributed by atoms with van der Waals surface area (Å²) < 4.78 is 0. The lowest BCUT2D eigenvalue weighted by molar-refractivity contribution is 0.0314. The first kappa shape index (κ1) is 15.4. The maximum atomic E-state index is 10.4. The molecule has 0 radical (unpaired) electrons. The van der Waals surface area contributed by atoms with E-state index in [2.05, 4.69) is 13.8 Å². The second-order valence-electron chi connectivity index (χ2n) is 8.02. The standard InChI is InChI=1S/C18H34O/c1-18(2)12-7-5-3-4-6-8-15-9-10-16(11-13-18)17(19)14-15/h15-17,19H,3-14H2,1-2H3/t15-,16?,17?/m1/s1. The van der Waals surface area contributed by atoms with Crippen molar-refractivity contribution < 1.29 is 5.11 Å².